The summed E-state index contributed by atoms with van der Waals surface area (Å²) in [7, 11) is 1.53. The second kappa shape index (κ2) is 11.4. The number of aliphatic hydroxyl groups is 1. The van der Waals surface area contributed by atoms with E-state index in [2.05, 4.69) is 15.4 Å². The first-order valence-corrected chi connectivity index (χ1v) is 13.5. The van der Waals surface area contributed by atoms with Crippen LogP contribution in [-0.4, -0.2) is 62.6 Å². The molecule has 0 atom stereocenters. The van der Waals surface area contributed by atoms with Crippen LogP contribution in [-0.2, 0) is 17.6 Å². The number of ketones is 1. The van der Waals surface area contributed by atoms with E-state index in [-0.39, 0.29) is 23.9 Å². The maximum Gasteiger partial charge on any atom is 0.254 e. The second-order valence-corrected chi connectivity index (χ2v) is 10.3. The topological polar surface area (TPSA) is 109 Å². The van der Waals surface area contributed by atoms with Crippen LogP contribution in [0.5, 0.6) is 5.75 Å². The van der Waals surface area contributed by atoms with Crippen LogP contribution in [0.4, 0.5) is 16.0 Å². The molecule has 2 aromatic heterocycles. The van der Waals surface area contributed by atoms with Gasteiger partial charge in [-0.3, -0.25) is 9.59 Å². The number of nitrogens with one attached hydrogen (secondary N) is 1. The van der Waals surface area contributed by atoms with Gasteiger partial charge in [0.25, 0.3) is 5.91 Å². The molecule has 9 nitrogen and oxygen atoms in total. The number of aromatic nitrogens is 3. The number of halogens is 1. The summed E-state index contributed by atoms with van der Waals surface area (Å²) in [4.78, 5) is 31.2. The molecule has 42 heavy (non-hydrogen) atoms. The van der Waals surface area contributed by atoms with Gasteiger partial charge in [-0.05, 0) is 59.2 Å². The summed E-state index contributed by atoms with van der Waals surface area (Å²) in [6.07, 6.45) is 1.98. The first-order valence-electron chi connectivity index (χ1n) is 13.5. The van der Waals surface area contributed by atoms with Gasteiger partial charge in [0.1, 0.15) is 17.3 Å². The Labute approximate surface area is 241 Å². The lowest BCUT2D eigenvalue weighted by atomic mass is 10.0. The van der Waals surface area contributed by atoms with Crippen LogP contribution in [0.2, 0.25) is 0 Å². The summed E-state index contributed by atoms with van der Waals surface area (Å²) in [5, 5.41) is 17.2. The highest BCUT2D eigenvalue weighted by atomic mass is 19.1. The Morgan fingerprint density at radius 1 is 0.952 bits per heavy atom. The van der Waals surface area contributed by atoms with Gasteiger partial charge in [-0.2, -0.15) is 4.98 Å². The molecule has 0 bridgehead atoms. The summed E-state index contributed by atoms with van der Waals surface area (Å²) in [6.45, 7) is 0.661. The van der Waals surface area contributed by atoms with E-state index in [1.807, 2.05) is 42.6 Å². The molecule has 1 aliphatic rings. The number of aliphatic hydroxyl groups excluding tert-OH is 1. The van der Waals surface area contributed by atoms with Crippen molar-refractivity contribution in [3.05, 3.63) is 108 Å². The molecule has 0 spiro atoms. The number of hydrogen-bond acceptors (Lipinski definition) is 7. The molecule has 2 N–H and O–H groups in total. The third kappa shape index (κ3) is 5.84. The monoisotopic (exact) mass is 565 g/mol. The SMILES string of the molecule is COc1cc(C(=O)N2CC(O)C2)ccc1Nc1nc2ccc(-c3ccc(CC(=O)Cc4ccc(F)cc4)cc3)cn2n1. The zero-order valence-corrected chi connectivity index (χ0v) is 22.8. The average Bonchev–Trinajstić information content (AvgIpc) is 3.38. The summed E-state index contributed by atoms with van der Waals surface area (Å²) in [5.74, 6) is 0.423. The van der Waals surface area contributed by atoms with E-state index in [1.54, 1.807) is 39.7 Å². The molecule has 6 rings (SSSR count). The zero-order chi connectivity index (χ0) is 29.2. The lowest BCUT2D eigenvalue weighted by Gasteiger charge is -2.35. The molecule has 0 aliphatic carbocycles. The molecule has 1 aliphatic heterocycles. The molecule has 10 heteroatoms. The number of carbonyl (C=O) groups excluding carboxylic acids is 2. The van der Waals surface area contributed by atoms with Gasteiger partial charge in [0.05, 0.1) is 18.9 Å². The van der Waals surface area contributed by atoms with Crippen molar-refractivity contribution < 1.29 is 23.8 Å². The predicted octanol–water partition coefficient (Wildman–Crippen LogP) is 4.46. The van der Waals surface area contributed by atoms with Crippen LogP contribution in [0.1, 0.15) is 21.5 Å². The summed E-state index contributed by atoms with van der Waals surface area (Å²) >= 11 is 0. The number of hydrogen-bond donors (Lipinski definition) is 2. The third-order valence-corrected chi connectivity index (χ3v) is 7.18. The van der Waals surface area contributed by atoms with Crippen molar-refractivity contribution in [1.29, 1.82) is 0 Å². The van der Waals surface area contributed by atoms with Crippen molar-refractivity contribution >= 4 is 29.0 Å². The minimum Gasteiger partial charge on any atom is -0.495 e. The van der Waals surface area contributed by atoms with Gasteiger partial charge in [0.15, 0.2) is 5.65 Å². The van der Waals surface area contributed by atoms with Gasteiger partial charge >= 0.3 is 0 Å². The number of carbonyl (C=O) groups is 2. The van der Waals surface area contributed by atoms with Crippen molar-refractivity contribution in [2.75, 3.05) is 25.5 Å². The number of nitrogens with zero attached hydrogens (tertiary/aromatic N) is 4. The summed E-state index contributed by atoms with van der Waals surface area (Å²) < 4.78 is 20.3. The van der Waals surface area contributed by atoms with Crippen molar-refractivity contribution in [1.82, 2.24) is 19.5 Å². The van der Waals surface area contributed by atoms with Gasteiger partial charge in [-0.25, -0.2) is 8.91 Å². The van der Waals surface area contributed by atoms with Crippen LogP contribution >= 0.6 is 0 Å². The summed E-state index contributed by atoms with van der Waals surface area (Å²) in [5.41, 5.74) is 5.32. The van der Waals surface area contributed by atoms with Crippen molar-refractivity contribution in [2.24, 2.45) is 0 Å². The van der Waals surface area contributed by atoms with Crippen molar-refractivity contribution in [3.8, 4) is 16.9 Å². The summed E-state index contributed by atoms with van der Waals surface area (Å²) in [6, 6.07) is 22.7. The largest absolute Gasteiger partial charge is 0.495 e. The number of methoxy groups -OCH3 is 1. The number of fused-ring (bicyclic) bond motifs is 1. The number of benzene rings is 3. The Kier molecular flexibility index (Phi) is 7.37. The maximum atomic E-state index is 13.1. The highest BCUT2D eigenvalue weighted by molar-refractivity contribution is 5.96. The average molecular weight is 566 g/mol. The molecule has 1 saturated heterocycles. The number of β-amino-alcohol motifs (C(OH)–C–C–N with tert-alkyl or cyclic N) is 1. The molecule has 3 heterocycles. The number of pyridine rings is 1. The van der Waals surface area contributed by atoms with Gasteiger partial charge < -0.3 is 20.1 Å². The molecule has 0 radical (unpaired) electrons. The fourth-order valence-corrected chi connectivity index (χ4v) is 4.89. The van der Waals surface area contributed by atoms with Crippen LogP contribution in [0.15, 0.2) is 85.1 Å². The van der Waals surface area contributed by atoms with Gasteiger partial charge in [-0.15, -0.1) is 5.10 Å². The molecule has 0 unspecified atom stereocenters. The minimum absolute atomic E-state index is 0.0623. The van der Waals surface area contributed by atoms with E-state index in [0.29, 0.717) is 48.1 Å². The van der Waals surface area contributed by atoms with E-state index in [0.717, 1.165) is 22.3 Å². The smallest absolute Gasteiger partial charge is 0.254 e. The lowest BCUT2D eigenvalue weighted by Crippen LogP contribution is -2.53. The molecule has 1 fully saturated rings. The highest BCUT2D eigenvalue weighted by Crippen LogP contribution is 2.29. The standard InChI is InChI=1S/C32H28FN5O4/c1-42-29-16-23(31(41)37-18-27(40)19-37)8-12-28(29)34-32-35-30-13-9-24(17-38(30)36-32)22-6-2-20(3-7-22)14-26(39)15-21-4-10-25(33)11-5-21/h2-13,16-17,27,40H,14-15,18-19H2,1H3,(H,34,36). The Bertz CT molecular complexity index is 1760. The first kappa shape index (κ1) is 27.1. The predicted molar refractivity (Wildman–Crippen MR) is 155 cm³/mol. The van der Waals surface area contributed by atoms with Crippen LogP contribution in [0.25, 0.3) is 16.8 Å². The molecule has 5 aromatic rings. The molecular formula is C32H28FN5O4. The Morgan fingerprint density at radius 2 is 1.62 bits per heavy atom. The zero-order valence-electron chi connectivity index (χ0n) is 22.8. The normalized spacial score (nSPS) is 13.2. The molecule has 1 amide bonds. The number of likely N-dealkylation sites (tertiary alicyclic amines) is 1. The highest BCUT2D eigenvalue weighted by Gasteiger charge is 2.29. The Hall–Kier alpha value is -5.09. The Morgan fingerprint density at radius 3 is 2.29 bits per heavy atom. The van der Waals surface area contributed by atoms with Gasteiger partial charge in [0, 0.05) is 43.3 Å². The van der Waals surface area contributed by atoms with E-state index >= 15 is 0 Å². The van der Waals surface area contributed by atoms with Gasteiger partial charge in [0.2, 0.25) is 5.95 Å². The first-order chi connectivity index (χ1) is 20.3. The molecule has 0 saturated carbocycles. The van der Waals surface area contributed by atoms with E-state index in [1.165, 1.54) is 19.2 Å². The molecule has 3 aromatic carbocycles. The van der Waals surface area contributed by atoms with Gasteiger partial charge in [-0.1, -0.05) is 36.4 Å². The second-order valence-electron chi connectivity index (χ2n) is 10.3. The van der Waals surface area contributed by atoms with Crippen molar-refractivity contribution in [3.63, 3.8) is 0 Å². The number of Topliss-reactive ketones (excluding diaryl/α,β-unsaturated/α-hetero) is 1. The van der Waals surface area contributed by atoms with E-state index < -0.39 is 6.10 Å². The van der Waals surface area contributed by atoms with Crippen LogP contribution < -0.4 is 10.1 Å². The fraction of sp³-hybridized carbons (Fsp3) is 0.188. The van der Waals surface area contributed by atoms with Crippen LogP contribution in [0, 0.1) is 5.82 Å². The number of rotatable bonds is 9. The third-order valence-electron chi connectivity index (χ3n) is 7.18. The molecule has 212 valence electrons. The Balaban J connectivity index is 1.13. The molecular weight excluding hydrogens is 537 g/mol. The number of ether oxygens (including phenoxy) is 1. The van der Waals surface area contributed by atoms with E-state index in [4.69, 9.17) is 4.74 Å². The quantitative estimate of drug-likeness (QED) is 0.272. The maximum absolute atomic E-state index is 13.1. The number of anilines is 2. The fourth-order valence-electron chi connectivity index (χ4n) is 4.89. The van der Waals surface area contributed by atoms with Crippen LogP contribution in [0.3, 0.4) is 0 Å². The number of amides is 1. The van der Waals surface area contributed by atoms with Crippen molar-refractivity contribution in [2.45, 2.75) is 18.9 Å². The minimum atomic E-state index is -0.464. The lowest BCUT2D eigenvalue weighted by molar-refractivity contribution is -0.117. The van der Waals surface area contributed by atoms with E-state index in [9.17, 15) is 19.1 Å².